The van der Waals surface area contributed by atoms with Crippen molar-refractivity contribution in [1.29, 1.82) is 0 Å². The van der Waals surface area contributed by atoms with Gasteiger partial charge in [0, 0.05) is 50.4 Å². The number of amides is 1. The van der Waals surface area contributed by atoms with Gasteiger partial charge in [0.1, 0.15) is 5.82 Å². The Kier molecular flexibility index (Phi) is 4.81. The second kappa shape index (κ2) is 6.39. The molecule has 112 valence electrons. The van der Waals surface area contributed by atoms with Gasteiger partial charge in [-0.25, -0.2) is 4.98 Å². The summed E-state index contributed by atoms with van der Waals surface area (Å²) in [7, 11) is 4.16. The van der Waals surface area contributed by atoms with Crippen LogP contribution in [0.4, 0.5) is 0 Å². The summed E-state index contributed by atoms with van der Waals surface area (Å²) < 4.78 is 2.14. The van der Waals surface area contributed by atoms with Crippen LogP contribution in [0.2, 0.25) is 0 Å². The number of aromatic nitrogens is 2. The maximum Gasteiger partial charge on any atom is 0.223 e. The van der Waals surface area contributed by atoms with E-state index in [9.17, 15) is 4.79 Å². The molecule has 0 unspecified atom stereocenters. The molecule has 1 aliphatic rings. The van der Waals surface area contributed by atoms with Crippen LogP contribution < -0.4 is 0 Å². The van der Waals surface area contributed by atoms with Gasteiger partial charge in [0.15, 0.2) is 0 Å². The van der Waals surface area contributed by atoms with Gasteiger partial charge in [0.05, 0.1) is 0 Å². The Hall–Kier alpha value is -1.36. The van der Waals surface area contributed by atoms with Crippen molar-refractivity contribution < 1.29 is 4.79 Å². The second-order valence-electron chi connectivity index (χ2n) is 6.09. The molecule has 1 aromatic heterocycles. The van der Waals surface area contributed by atoms with Crippen LogP contribution in [0.3, 0.4) is 0 Å². The minimum atomic E-state index is 0.257. The molecule has 1 saturated heterocycles. The molecule has 1 aliphatic heterocycles. The number of likely N-dealkylation sites (N-methyl/N-ethyl adjacent to an activating group) is 1. The molecule has 0 radical (unpaired) electrons. The van der Waals surface area contributed by atoms with Crippen molar-refractivity contribution in [3.63, 3.8) is 0 Å². The van der Waals surface area contributed by atoms with E-state index >= 15 is 0 Å². The van der Waals surface area contributed by atoms with Crippen molar-refractivity contribution in [3.8, 4) is 0 Å². The maximum atomic E-state index is 12.3. The number of nitrogens with zero attached hydrogens (tertiary/aromatic N) is 4. The van der Waals surface area contributed by atoms with Crippen LogP contribution in [0.1, 0.15) is 38.6 Å². The lowest BCUT2D eigenvalue weighted by Gasteiger charge is -2.20. The van der Waals surface area contributed by atoms with E-state index in [4.69, 9.17) is 0 Å². The number of hydrogen-bond acceptors (Lipinski definition) is 3. The highest BCUT2D eigenvalue weighted by molar-refractivity contribution is 5.76. The maximum absolute atomic E-state index is 12.3. The summed E-state index contributed by atoms with van der Waals surface area (Å²) in [6, 6.07) is 0.907. The predicted octanol–water partition coefficient (Wildman–Crippen LogP) is 1.56. The molecule has 5 nitrogen and oxygen atoms in total. The molecule has 0 aliphatic carbocycles. The minimum absolute atomic E-state index is 0.257. The van der Waals surface area contributed by atoms with Crippen LogP contribution >= 0.6 is 0 Å². The standard InChI is InChI=1S/C15H26N4O/c1-12(2)19-10-8-16-14(19)5-6-15(20)18-9-7-13(11-18)17(3)4/h8,10,12-13H,5-7,9,11H2,1-4H3/t13-/m0/s1. The Morgan fingerprint density at radius 3 is 2.85 bits per heavy atom. The number of likely N-dealkylation sites (tertiary alicyclic amines) is 1. The Balaban J connectivity index is 1.85. The number of imidazole rings is 1. The molecule has 0 spiro atoms. The van der Waals surface area contributed by atoms with Crippen LogP contribution in [0.15, 0.2) is 12.4 Å². The van der Waals surface area contributed by atoms with Gasteiger partial charge in [-0.2, -0.15) is 0 Å². The molecule has 0 bridgehead atoms. The third-order valence-electron chi connectivity index (χ3n) is 4.11. The highest BCUT2D eigenvalue weighted by Crippen LogP contribution is 2.16. The molecular weight excluding hydrogens is 252 g/mol. The van der Waals surface area contributed by atoms with Gasteiger partial charge in [0.2, 0.25) is 5.91 Å². The number of rotatable bonds is 5. The van der Waals surface area contributed by atoms with E-state index in [-0.39, 0.29) is 5.91 Å². The lowest BCUT2D eigenvalue weighted by Crippen LogP contribution is -2.34. The molecule has 1 aromatic rings. The van der Waals surface area contributed by atoms with Crippen molar-refractivity contribution >= 4 is 5.91 Å². The van der Waals surface area contributed by atoms with Crippen molar-refractivity contribution in [1.82, 2.24) is 19.4 Å². The zero-order valence-corrected chi connectivity index (χ0v) is 13.0. The van der Waals surface area contributed by atoms with Crippen molar-refractivity contribution in [3.05, 3.63) is 18.2 Å². The third-order valence-corrected chi connectivity index (χ3v) is 4.11. The Morgan fingerprint density at radius 2 is 2.25 bits per heavy atom. The third kappa shape index (κ3) is 3.39. The number of aryl methyl sites for hydroxylation is 1. The molecule has 2 heterocycles. The van der Waals surface area contributed by atoms with Gasteiger partial charge in [-0.05, 0) is 34.4 Å². The quantitative estimate of drug-likeness (QED) is 0.821. The van der Waals surface area contributed by atoms with E-state index in [0.29, 0.717) is 18.5 Å². The highest BCUT2D eigenvalue weighted by Gasteiger charge is 2.27. The van der Waals surface area contributed by atoms with E-state index in [1.54, 1.807) is 0 Å². The zero-order chi connectivity index (χ0) is 14.7. The normalized spacial score (nSPS) is 19.3. The fourth-order valence-corrected chi connectivity index (χ4v) is 2.77. The van der Waals surface area contributed by atoms with Gasteiger partial charge in [-0.3, -0.25) is 4.79 Å². The first-order valence-corrected chi connectivity index (χ1v) is 7.45. The number of carbonyl (C=O) groups is 1. The van der Waals surface area contributed by atoms with Gasteiger partial charge in [0.25, 0.3) is 0 Å². The Bertz CT molecular complexity index is 452. The van der Waals surface area contributed by atoms with E-state index < -0.39 is 0 Å². The first-order chi connectivity index (χ1) is 9.49. The minimum Gasteiger partial charge on any atom is -0.341 e. The number of carbonyl (C=O) groups excluding carboxylic acids is 1. The fraction of sp³-hybridized carbons (Fsp3) is 0.733. The molecule has 0 saturated carbocycles. The topological polar surface area (TPSA) is 41.4 Å². The molecule has 1 amide bonds. The molecule has 1 atom stereocenters. The zero-order valence-electron chi connectivity index (χ0n) is 13.0. The lowest BCUT2D eigenvalue weighted by molar-refractivity contribution is -0.130. The first kappa shape index (κ1) is 15.0. The van der Waals surface area contributed by atoms with E-state index in [1.807, 2.05) is 17.3 Å². The van der Waals surface area contributed by atoms with Crippen LogP contribution in [0, 0.1) is 0 Å². The molecule has 0 N–H and O–H groups in total. The SMILES string of the molecule is CC(C)n1ccnc1CCC(=O)N1CC[C@H](N(C)C)C1. The molecule has 20 heavy (non-hydrogen) atoms. The highest BCUT2D eigenvalue weighted by atomic mass is 16.2. The largest absolute Gasteiger partial charge is 0.341 e. The summed E-state index contributed by atoms with van der Waals surface area (Å²) in [4.78, 5) is 20.8. The van der Waals surface area contributed by atoms with Crippen LogP contribution in [-0.4, -0.2) is 58.5 Å². The monoisotopic (exact) mass is 278 g/mol. The molecular formula is C15H26N4O. The van der Waals surface area contributed by atoms with E-state index in [1.165, 1.54) is 0 Å². The van der Waals surface area contributed by atoms with Crippen molar-refractivity contribution in [2.75, 3.05) is 27.2 Å². The molecule has 0 aromatic carbocycles. The smallest absolute Gasteiger partial charge is 0.223 e. The molecule has 5 heteroatoms. The predicted molar refractivity (Wildman–Crippen MR) is 79.6 cm³/mol. The average molecular weight is 278 g/mol. The van der Waals surface area contributed by atoms with Gasteiger partial charge < -0.3 is 14.4 Å². The summed E-state index contributed by atoms with van der Waals surface area (Å²) in [6.45, 7) is 6.02. The van der Waals surface area contributed by atoms with Crippen molar-refractivity contribution in [2.24, 2.45) is 0 Å². The van der Waals surface area contributed by atoms with Crippen LogP contribution in [0.25, 0.3) is 0 Å². The van der Waals surface area contributed by atoms with Crippen molar-refractivity contribution in [2.45, 2.75) is 45.2 Å². The van der Waals surface area contributed by atoms with E-state index in [0.717, 1.165) is 31.8 Å². The summed E-state index contributed by atoms with van der Waals surface area (Å²) in [5, 5.41) is 0. The van der Waals surface area contributed by atoms with Crippen LogP contribution in [0.5, 0.6) is 0 Å². The number of hydrogen-bond donors (Lipinski definition) is 0. The van der Waals surface area contributed by atoms with Gasteiger partial charge in [-0.1, -0.05) is 0 Å². The first-order valence-electron chi connectivity index (χ1n) is 7.45. The Morgan fingerprint density at radius 1 is 1.50 bits per heavy atom. The van der Waals surface area contributed by atoms with Gasteiger partial charge >= 0.3 is 0 Å². The molecule has 1 fully saturated rings. The lowest BCUT2D eigenvalue weighted by atomic mass is 10.2. The average Bonchev–Trinajstić information content (AvgIpc) is 3.04. The van der Waals surface area contributed by atoms with Gasteiger partial charge in [-0.15, -0.1) is 0 Å². The summed E-state index contributed by atoms with van der Waals surface area (Å²) >= 11 is 0. The fourth-order valence-electron chi connectivity index (χ4n) is 2.77. The van der Waals surface area contributed by atoms with E-state index in [2.05, 4.69) is 42.4 Å². The second-order valence-corrected chi connectivity index (χ2v) is 6.09. The Labute approximate surface area is 121 Å². The summed E-state index contributed by atoms with van der Waals surface area (Å²) in [6.07, 6.45) is 6.18. The summed E-state index contributed by atoms with van der Waals surface area (Å²) in [5.74, 6) is 1.27. The van der Waals surface area contributed by atoms with Crippen LogP contribution in [-0.2, 0) is 11.2 Å². The molecule has 2 rings (SSSR count). The summed E-state index contributed by atoms with van der Waals surface area (Å²) in [5.41, 5.74) is 0.